The predicted molar refractivity (Wildman–Crippen MR) is 71.0 cm³/mol. The molecule has 0 unspecified atom stereocenters. The van der Waals surface area contributed by atoms with Crippen LogP contribution in [0.1, 0.15) is 40.5 Å². The van der Waals surface area contributed by atoms with Crippen molar-refractivity contribution >= 4 is 11.9 Å². The zero-order valence-electron chi connectivity index (χ0n) is 11.8. The highest BCUT2D eigenvalue weighted by Gasteiger charge is 2.27. The summed E-state index contributed by atoms with van der Waals surface area (Å²) in [7, 11) is 0. The van der Waals surface area contributed by atoms with Crippen LogP contribution in [0.4, 0.5) is 0 Å². The number of nitrogens with two attached hydrogens (primary N) is 1. The first-order valence-corrected chi connectivity index (χ1v) is 6.39. The van der Waals surface area contributed by atoms with Gasteiger partial charge in [0.05, 0.1) is 5.41 Å². The zero-order chi connectivity index (χ0) is 14.3. The van der Waals surface area contributed by atoms with Crippen molar-refractivity contribution in [3.63, 3.8) is 0 Å². The average molecular weight is 258 g/mol. The van der Waals surface area contributed by atoms with E-state index in [1.165, 1.54) is 0 Å². The summed E-state index contributed by atoms with van der Waals surface area (Å²) in [6, 6.07) is 0. The van der Waals surface area contributed by atoms with E-state index in [4.69, 9.17) is 10.8 Å². The summed E-state index contributed by atoms with van der Waals surface area (Å²) < 4.78 is 0. The highest BCUT2D eigenvalue weighted by molar-refractivity contribution is 5.78. The molecule has 0 spiro atoms. The Bertz CT molecular complexity index is 288. The number of nitrogens with one attached hydrogen (secondary N) is 1. The van der Waals surface area contributed by atoms with E-state index in [2.05, 4.69) is 19.2 Å². The van der Waals surface area contributed by atoms with Crippen LogP contribution in [0.25, 0.3) is 0 Å². The number of hydrogen-bond donors (Lipinski definition) is 3. The molecule has 0 radical (unpaired) electrons. The van der Waals surface area contributed by atoms with Crippen LogP contribution in [0.3, 0.4) is 0 Å². The van der Waals surface area contributed by atoms with E-state index in [-0.39, 0.29) is 18.4 Å². The standard InChI is InChI=1S/C13H26N2O3/c1-9(2)5-10(7-14)6-11(16)15-8-13(3,4)12(17)18/h9-10H,5-8,14H2,1-4H3,(H,15,16)(H,17,18)/t10-/m0/s1. The molecule has 5 nitrogen and oxygen atoms in total. The number of amides is 1. The van der Waals surface area contributed by atoms with Crippen LogP contribution in [0.5, 0.6) is 0 Å². The Morgan fingerprint density at radius 1 is 1.33 bits per heavy atom. The second kappa shape index (κ2) is 7.36. The Kier molecular flexibility index (Phi) is 6.91. The van der Waals surface area contributed by atoms with E-state index in [0.29, 0.717) is 18.9 Å². The van der Waals surface area contributed by atoms with Gasteiger partial charge in [-0.25, -0.2) is 0 Å². The lowest BCUT2D eigenvalue weighted by molar-refractivity contribution is -0.146. The lowest BCUT2D eigenvalue weighted by Gasteiger charge is -2.21. The largest absolute Gasteiger partial charge is 0.481 e. The summed E-state index contributed by atoms with van der Waals surface area (Å²) in [6.45, 7) is 7.98. The van der Waals surface area contributed by atoms with E-state index < -0.39 is 11.4 Å². The summed E-state index contributed by atoms with van der Waals surface area (Å²) in [5.41, 5.74) is 4.69. The van der Waals surface area contributed by atoms with E-state index in [0.717, 1.165) is 6.42 Å². The third-order valence-corrected chi connectivity index (χ3v) is 2.92. The SMILES string of the molecule is CC(C)C[C@H](CN)CC(=O)NCC(C)(C)C(=O)O. The Hall–Kier alpha value is -1.10. The molecule has 0 aliphatic carbocycles. The first kappa shape index (κ1) is 16.9. The zero-order valence-corrected chi connectivity index (χ0v) is 11.8. The molecular weight excluding hydrogens is 232 g/mol. The number of carboxylic acids is 1. The Balaban J connectivity index is 4.14. The van der Waals surface area contributed by atoms with E-state index in [1.807, 2.05) is 0 Å². The number of carbonyl (C=O) groups excluding carboxylic acids is 1. The molecule has 0 aromatic carbocycles. The van der Waals surface area contributed by atoms with Gasteiger partial charge in [0.25, 0.3) is 0 Å². The molecule has 0 saturated carbocycles. The van der Waals surface area contributed by atoms with Crippen LogP contribution >= 0.6 is 0 Å². The van der Waals surface area contributed by atoms with Gasteiger partial charge in [0, 0.05) is 13.0 Å². The third-order valence-electron chi connectivity index (χ3n) is 2.92. The summed E-state index contributed by atoms with van der Waals surface area (Å²) >= 11 is 0. The number of carboxylic acid groups (broad SMARTS) is 1. The van der Waals surface area contributed by atoms with Crippen molar-refractivity contribution in [3.8, 4) is 0 Å². The maximum absolute atomic E-state index is 11.7. The van der Waals surface area contributed by atoms with Gasteiger partial charge < -0.3 is 16.2 Å². The van der Waals surface area contributed by atoms with Crippen molar-refractivity contribution in [3.05, 3.63) is 0 Å². The number of rotatable bonds is 8. The van der Waals surface area contributed by atoms with Crippen molar-refractivity contribution < 1.29 is 14.7 Å². The first-order chi connectivity index (χ1) is 8.19. The van der Waals surface area contributed by atoms with Crippen molar-refractivity contribution in [2.45, 2.75) is 40.5 Å². The molecule has 0 bridgehead atoms. The number of aliphatic carboxylic acids is 1. The normalized spacial score (nSPS) is 13.4. The van der Waals surface area contributed by atoms with Gasteiger partial charge in [-0.3, -0.25) is 9.59 Å². The predicted octanol–water partition coefficient (Wildman–Crippen LogP) is 1.22. The summed E-state index contributed by atoms with van der Waals surface area (Å²) in [5.74, 6) is -0.375. The Labute approximate surface area is 109 Å². The molecule has 0 fully saturated rings. The summed E-state index contributed by atoms with van der Waals surface area (Å²) in [6.07, 6.45) is 1.27. The molecule has 0 saturated heterocycles. The van der Waals surface area contributed by atoms with Gasteiger partial charge in [-0.05, 0) is 38.6 Å². The van der Waals surface area contributed by atoms with Crippen LogP contribution in [-0.4, -0.2) is 30.1 Å². The molecule has 1 atom stereocenters. The smallest absolute Gasteiger partial charge is 0.310 e. The minimum atomic E-state index is -0.939. The van der Waals surface area contributed by atoms with Crippen LogP contribution in [-0.2, 0) is 9.59 Å². The summed E-state index contributed by atoms with van der Waals surface area (Å²) in [4.78, 5) is 22.6. The van der Waals surface area contributed by atoms with Gasteiger partial charge in [0.2, 0.25) is 5.91 Å². The molecule has 0 aliphatic rings. The number of hydrogen-bond acceptors (Lipinski definition) is 3. The van der Waals surface area contributed by atoms with Gasteiger partial charge in [-0.15, -0.1) is 0 Å². The number of carbonyl (C=O) groups is 2. The van der Waals surface area contributed by atoms with Gasteiger partial charge >= 0.3 is 5.97 Å². The molecule has 0 aromatic heterocycles. The first-order valence-electron chi connectivity index (χ1n) is 6.39. The Morgan fingerprint density at radius 2 is 1.89 bits per heavy atom. The molecule has 5 heteroatoms. The van der Waals surface area contributed by atoms with Crippen LogP contribution in [0, 0.1) is 17.3 Å². The molecule has 0 aliphatic heterocycles. The second-order valence-electron chi connectivity index (χ2n) is 5.90. The molecular formula is C13H26N2O3. The lowest BCUT2D eigenvalue weighted by atomic mass is 9.92. The van der Waals surface area contributed by atoms with Crippen molar-refractivity contribution in [2.24, 2.45) is 23.0 Å². The van der Waals surface area contributed by atoms with Gasteiger partial charge in [0.1, 0.15) is 0 Å². The highest BCUT2D eigenvalue weighted by atomic mass is 16.4. The van der Waals surface area contributed by atoms with Gasteiger partial charge in [-0.2, -0.15) is 0 Å². The molecule has 0 aromatic rings. The third kappa shape index (κ3) is 6.59. The molecule has 0 rings (SSSR count). The topological polar surface area (TPSA) is 92.4 Å². The van der Waals surface area contributed by atoms with E-state index in [1.54, 1.807) is 13.8 Å². The van der Waals surface area contributed by atoms with Crippen LogP contribution in [0.15, 0.2) is 0 Å². The minimum Gasteiger partial charge on any atom is -0.481 e. The molecule has 18 heavy (non-hydrogen) atoms. The van der Waals surface area contributed by atoms with Crippen molar-refractivity contribution in [2.75, 3.05) is 13.1 Å². The molecule has 4 N–H and O–H groups in total. The quantitative estimate of drug-likeness (QED) is 0.610. The molecule has 1 amide bonds. The van der Waals surface area contributed by atoms with Gasteiger partial charge in [0.15, 0.2) is 0 Å². The fraction of sp³-hybridized carbons (Fsp3) is 0.846. The van der Waals surface area contributed by atoms with Crippen LogP contribution in [0.2, 0.25) is 0 Å². The molecule has 106 valence electrons. The Morgan fingerprint density at radius 3 is 2.28 bits per heavy atom. The van der Waals surface area contributed by atoms with Crippen LogP contribution < -0.4 is 11.1 Å². The fourth-order valence-electron chi connectivity index (χ4n) is 1.66. The average Bonchev–Trinajstić information content (AvgIpc) is 2.24. The second-order valence-corrected chi connectivity index (χ2v) is 5.90. The van der Waals surface area contributed by atoms with Crippen molar-refractivity contribution in [1.82, 2.24) is 5.32 Å². The van der Waals surface area contributed by atoms with Gasteiger partial charge in [-0.1, -0.05) is 13.8 Å². The minimum absolute atomic E-state index is 0.125. The maximum atomic E-state index is 11.7. The fourth-order valence-corrected chi connectivity index (χ4v) is 1.66. The maximum Gasteiger partial charge on any atom is 0.310 e. The summed E-state index contributed by atoms with van der Waals surface area (Å²) in [5, 5.41) is 11.6. The van der Waals surface area contributed by atoms with E-state index >= 15 is 0 Å². The lowest BCUT2D eigenvalue weighted by Crippen LogP contribution is -2.39. The van der Waals surface area contributed by atoms with Crippen molar-refractivity contribution in [1.29, 1.82) is 0 Å². The highest BCUT2D eigenvalue weighted by Crippen LogP contribution is 2.16. The monoisotopic (exact) mass is 258 g/mol. The molecule has 0 heterocycles. The van der Waals surface area contributed by atoms with E-state index in [9.17, 15) is 9.59 Å².